The Morgan fingerprint density at radius 2 is 2.05 bits per heavy atom. The van der Waals surface area contributed by atoms with Crippen molar-refractivity contribution in [3.63, 3.8) is 0 Å². The van der Waals surface area contributed by atoms with Crippen molar-refractivity contribution in [3.05, 3.63) is 45.2 Å². The number of hydrogen-bond acceptors (Lipinski definition) is 4. The highest BCUT2D eigenvalue weighted by Crippen LogP contribution is 2.32. The van der Waals surface area contributed by atoms with Crippen molar-refractivity contribution in [2.24, 2.45) is 0 Å². The lowest BCUT2D eigenvalue weighted by atomic mass is 10.1. The second-order valence-electron chi connectivity index (χ2n) is 4.36. The van der Waals surface area contributed by atoms with Gasteiger partial charge in [-0.15, -0.1) is 11.3 Å². The number of benzene rings is 1. The number of rotatable bonds is 5. The predicted molar refractivity (Wildman–Crippen MR) is 85.3 cm³/mol. The number of aliphatic carboxylic acids is 1. The Morgan fingerprint density at radius 1 is 1.38 bits per heavy atom. The van der Waals surface area contributed by atoms with Crippen molar-refractivity contribution in [3.8, 4) is 0 Å². The molecule has 0 saturated carbocycles. The van der Waals surface area contributed by atoms with Crippen LogP contribution in [0.5, 0.6) is 0 Å². The summed E-state index contributed by atoms with van der Waals surface area (Å²) in [6.07, 6.45) is -0.244. The molecule has 0 bridgehead atoms. The van der Waals surface area contributed by atoms with Gasteiger partial charge >= 0.3 is 5.97 Å². The van der Waals surface area contributed by atoms with Crippen molar-refractivity contribution in [2.45, 2.75) is 17.6 Å². The van der Waals surface area contributed by atoms with Gasteiger partial charge in [-0.2, -0.15) is 0 Å². The maximum absolute atomic E-state index is 12.3. The van der Waals surface area contributed by atoms with Crippen molar-refractivity contribution in [1.82, 2.24) is 0 Å². The average Bonchev–Trinajstić information content (AvgIpc) is 2.72. The summed E-state index contributed by atoms with van der Waals surface area (Å²) in [4.78, 5) is 10.8. The van der Waals surface area contributed by atoms with E-state index in [9.17, 15) is 13.2 Å². The molecule has 5 nitrogen and oxygen atoms in total. The van der Waals surface area contributed by atoms with Crippen LogP contribution < -0.4 is 4.72 Å². The molecule has 1 aromatic carbocycles. The van der Waals surface area contributed by atoms with Crippen molar-refractivity contribution in [2.75, 3.05) is 4.72 Å². The molecule has 0 spiro atoms. The first-order valence-electron chi connectivity index (χ1n) is 5.88. The molecule has 0 radical (unpaired) electrons. The first-order valence-corrected chi connectivity index (χ1v) is 8.97. The van der Waals surface area contributed by atoms with E-state index in [2.05, 4.69) is 20.7 Å². The number of nitrogens with one attached hydrogen (secondary N) is 1. The van der Waals surface area contributed by atoms with E-state index >= 15 is 0 Å². The van der Waals surface area contributed by atoms with Gasteiger partial charge in [0.25, 0.3) is 10.0 Å². The molecule has 0 atom stereocenters. The van der Waals surface area contributed by atoms with E-state index in [1.54, 1.807) is 37.3 Å². The molecule has 0 unspecified atom stereocenters. The molecule has 0 aliphatic carbocycles. The summed E-state index contributed by atoms with van der Waals surface area (Å²) in [6, 6.07) is 8.02. The molecule has 2 aromatic rings. The van der Waals surface area contributed by atoms with Gasteiger partial charge in [0.15, 0.2) is 0 Å². The van der Waals surface area contributed by atoms with Crippen LogP contribution >= 0.6 is 27.3 Å². The number of aryl methyl sites for hydroxylation is 1. The lowest BCUT2D eigenvalue weighted by Crippen LogP contribution is -2.14. The average molecular weight is 390 g/mol. The molecular formula is C13H12BrNO4S2. The lowest BCUT2D eigenvalue weighted by molar-refractivity contribution is -0.136. The van der Waals surface area contributed by atoms with Crippen LogP contribution in [0, 0.1) is 6.92 Å². The van der Waals surface area contributed by atoms with Crippen LogP contribution in [0.2, 0.25) is 0 Å². The number of hydrogen-bond donors (Lipinski definition) is 2. The van der Waals surface area contributed by atoms with E-state index in [4.69, 9.17) is 5.11 Å². The van der Waals surface area contributed by atoms with E-state index in [1.165, 1.54) is 0 Å². The number of carboxylic acids is 1. The third-order valence-corrected chi connectivity index (χ3v) is 6.68. The number of para-hydroxylation sites is 1. The lowest BCUT2D eigenvalue weighted by Gasteiger charge is -2.10. The minimum atomic E-state index is -3.73. The standard InChI is InChI=1S/C13H12BrNO4S2/c1-8-6-12(20-13(8)14)21(18,19)15-10-5-3-2-4-9(10)7-11(16)17/h2-6,15H,7H2,1H3,(H,16,17). The van der Waals surface area contributed by atoms with Crippen LogP contribution in [-0.2, 0) is 21.2 Å². The fourth-order valence-corrected chi connectivity index (χ4v) is 5.02. The fourth-order valence-electron chi connectivity index (χ4n) is 1.70. The summed E-state index contributed by atoms with van der Waals surface area (Å²) >= 11 is 4.40. The number of carboxylic acid groups (broad SMARTS) is 1. The Kier molecular flexibility index (Phi) is 4.70. The van der Waals surface area contributed by atoms with E-state index in [1.807, 2.05) is 0 Å². The van der Waals surface area contributed by atoms with Gasteiger partial charge in [-0.1, -0.05) is 18.2 Å². The largest absolute Gasteiger partial charge is 0.481 e. The summed E-state index contributed by atoms with van der Waals surface area (Å²) in [5.41, 5.74) is 1.53. The Labute approximate surface area is 134 Å². The molecule has 1 aromatic heterocycles. The molecule has 0 saturated heterocycles. The predicted octanol–water partition coefficient (Wildman–Crippen LogP) is 3.25. The zero-order valence-corrected chi connectivity index (χ0v) is 14.2. The summed E-state index contributed by atoms with van der Waals surface area (Å²) in [6.45, 7) is 1.80. The summed E-state index contributed by atoms with van der Waals surface area (Å²) < 4.78 is 28.0. The maximum Gasteiger partial charge on any atom is 0.307 e. The maximum atomic E-state index is 12.3. The van der Waals surface area contributed by atoms with Crippen LogP contribution in [-0.4, -0.2) is 19.5 Å². The van der Waals surface area contributed by atoms with Crippen molar-refractivity contribution in [1.29, 1.82) is 0 Å². The smallest absolute Gasteiger partial charge is 0.307 e. The highest BCUT2D eigenvalue weighted by Gasteiger charge is 2.20. The molecule has 112 valence electrons. The van der Waals surface area contributed by atoms with Gasteiger partial charge in [-0.25, -0.2) is 8.42 Å². The van der Waals surface area contributed by atoms with E-state index in [0.717, 1.165) is 20.7 Å². The molecule has 21 heavy (non-hydrogen) atoms. The topological polar surface area (TPSA) is 83.5 Å². The molecule has 0 aliphatic heterocycles. The monoisotopic (exact) mass is 389 g/mol. The number of sulfonamides is 1. The van der Waals surface area contributed by atoms with E-state index < -0.39 is 16.0 Å². The molecule has 2 rings (SSSR count). The highest BCUT2D eigenvalue weighted by atomic mass is 79.9. The first-order chi connectivity index (χ1) is 9.79. The molecule has 0 fully saturated rings. The Hall–Kier alpha value is -1.38. The van der Waals surface area contributed by atoms with Gasteiger partial charge < -0.3 is 5.11 Å². The van der Waals surface area contributed by atoms with E-state index in [0.29, 0.717) is 5.56 Å². The van der Waals surface area contributed by atoms with Gasteiger partial charge in [0, 0.05) is 0 Å². The first kappa shape index (κ1) is 16.0. The van der Waals surface area contributed by atoms with E-state index in [-0.39, 0.29) is 16.3 Å². The normalized spacial score (nSPS) is 11.3. The van der Waals surface area contributed by atoms with Crippen LogP contribution in [0.3, 0.4) is 0 Å². The third kappa shape index (κ3) is 3.84. The second-order valence-corrected chi connectivity index (χ2v) is 8.63. The Morgan fingerprint density at radius 3 is 2.62 bits per heavy atom. The number of thiophene rings is 1. The number of carbonyl (C=O) groups is 1. The minimum absolute atomic E-state index is 0.178. The molecule has 2 N–H and O–H groups in total. The fraction of sp³-hybridized carbons (Fsp3) is 0.154. The number of anilines is 1. The van der Waals surface area contributed by atoms with Gasteiger partial charge in [-0.05, 0) is 46.1 Å². The SMILES string of the molecule is Cc1cc(S(=O)(=O)Nc2ccccc2CC(=O)O)sc1Br. The van der Waals surface area contributed by atoms with Gasteiger partial charge in [0.05, 0.1) is 15.9 Å². The molecule has 0 aliphatic rings. The molecule has 1 heterocycles. The summed E-state index contributed by atoms with van der Waals surface area (Å²) in [5, 5.41) is 8.87. The molecular weight excluding hydrogens is 378 g/mol. The second kappa shape index (κ2) is 6.17. The molecule has 0 amide bonds. The van der Waals surface area contributed by atoms with Crippen molar-refractivity contribution < 1.29 is 18.3 Å². The highest BCUT2D eigenvalue weighted by molar-refractivity contribution is 9.11. The molecule has 8 heteroatoms. The minimum Gasteiger partial charge on any atom is -0.481 e. The van der Waals surface area contributed by atoms with Gasteiger partial charge in [0.2, 0.25) is 0 Å². The zero-order valence-electron chi connectivity index (χ0n) is 11.0. The Balaban J connectivity index is 2.35. The van der Waals surface area contributed by atoms with Gasteiger partial charge in [-0.3, -0.25) is 9.52 Å². The summed E-state index contributed by atoms with van der Waals surface area (Å²) in [5.74, 6) is -1.02. The summed E-state index contributed by atoms with van der Waals surface area (Å²) in [7, 11) is -3.73. The third-order valence-electron chi connectivity index (χ3n) is 2.70. The van der Waals surface area contributed by atoms with Crippen LogP contribution in [0.4, 0.5) is 5.69 Å². The zero-order chi connectivity index (χ0) is 15.6. The quantitative estimate of drug-likeness (QED) is 0.821. The van der Waals surface area contributed by atoms with Crippen molar-refractivity contribution >= 4 is 48.9 Å². The van der Waals surface area contributed by atoms with Crippen LogP contribution in [0.15, 0.2) is 38.3 Å². The van der Waals surface area contributed by atoms with Crippen LogP contribution in [0.1, 0.15) is 11.1 Å². The number of halogens is 1. The van der Waals surface area contributed by atoms with Crippen LogP contribution in [0.25, 0.3) is 0 Å². The van der Waals surface area contributed by atoms with Gasteiger partial charge in [0.1, 0.15) is 4.21 Å². The Bertz CT molecular complexity index is 764.